The fourth-order valence-corrected chi connectivity index (χ4v) is 2.82. The van der Waals surface area contributed by atoms with Gasteiger partial charge in [0.25, 0.3) is 0 Å². The normalized spacial score (nSPS) is 29.1. The van der Waals surface area contributed by atoms with Crippen LogP contribution in [0.4, 0.5) is 4.79 Å². The van der Waals surface area contributed by atoms with Gasteiger partial charge in [0.15, 0.2) is 0 Å². The quantitative estimate of drug-likeness (QED) is 0.652. The molecule has 2 atom stereocenters. The summed E-state index contributed by atoms with van der Waals surface area (Å²) in [6.07, 6.45) is 3.14. The monoisotopic (exact) mass is 239 g/mol. The summed E-state index contributed by atoms with van der Waals surface area (Å²) in [7, 11) is 0. The third-order valence-electron chi connectivity index (χ3n) is 3.52. The van der Waals surface area contributed by atoms with Crippen LogP contribution < -0.4 is 0 Å². The molecule has 0 radical (unpaired) electrons. The van der Waals surface area contributed by atoms with Gasteiger partial charge in [-0.1, -0.05) is 6.42 Å². The van der Waals surface area contributed by atoms with Gasteiger partial charge in [0, 0.05) is 24.9 Å². The second-order valence-corrected chi connectivity index (χ2v) is 5.99. The van der Waals surface area contributed by atoms with E-state index in [2.05, 4.69) is 0 Å². The van der Waals surface area contributed by atoms with E-state index in [1.165, 1.54) is 0 Å². The molecule has 4 heteroatoms. The average molecular weight is 239 g/mol. The van der Waals surface area contributed by atoms with E-state index in [0.717, 1.165) is 19.3 Å². The number of Topliss-reactive ketones (excluding diaryl/α,β-unsaturated/α-hetero) is 1. The largest absolute Gasteiger partial charge is 0.444 e. The van der Waals surface area contributed by atoms with Crippen LogP contribution in [0.1, 0.15) is 46.5 Å². The van der Waals surface area contributed by atoms with Crippen molar-refractivity contribution in [3.8, 4) is 0 Å². The zero-order chi connectivity index (χ0) is 12.6. The van der Waals surface area contributed by atoms with Crippen LogP contribution in [0.25, 0.3) is 0 Å². The molecule has 0 N–H and O–H groups in total. The van der Waals surface area contributed by atoms with Crippen LogP contribution in [0.3, 0.4) is 0 Å². The standard InChI is InChI=1S/C13H21NO3/c1-13(2,3)17-12(16)14-8-7-11(15)9-5-4-6-10(9)14/h9-10H,4-8H2,1-3H3/t9-,10+/m1/s1. The summed E-state index contributed by atoms with van der Waals surface area (Å²) in [6.45, 7) is 6.12. The van der Waals surface area contributed by atoms with E-state index < -0.39 is 5.60 Å². The van der Waals surface area contributed by atoms with Crippen molar-refractivity contribution in [3.63, 3.8) is 0 Å². The van der Waals surface area contributed by atoms with Crippen LogP contribution in [0.15, 0.2) is 0 Å². The SMILES string of the molecule is CC(C)(C)OC(=O)N1CCC(=O)[C@@H]2CCC[C@@H]21. The van der Waals surface area contributed by atoms with Crippen molar-refractivity contribution < 1.29 is 14.3 Å². The number of hydrogen-bond acceptors (Lipinski definition) is 3. The molecule has 1 heterocycles. The number of rotatable bonds is 0. The number of likely N-dealkylation sites (tertiary alicyclic amines) is 1. The maximum Gasteiger partial charge on any atom is 0.410 e. The molecule has 2 rings (SSSR count). The molecule has 2 aliphatic rings. The number of hydrogen-bond donors (Lipinski definition) is 0. The number of ketones is 1. The van der Waals surface area contributed by atoms with Gasteiger partial charge in [0.05, 0.1) is 0 Å². The lowest BCUT2D eigenvalue weighted by Crippen LogP contribution is -2.51. The molecular formula is C13H21NO3. The van der Waals surface area contributed by atoms with E-state index >= 15 is 0 Å². The fraction of sp³-hybridized carbons (Fsp3) is 0.846. The maximum atomic E-state index is 12.1. The number of amides is 1. The van der Waals surface area contributed by atoms with Gasteiger partial charge >= 0.3 is 6.09 Å². The molecule has 1 aliphatic carbocycles. The molecule has 0 aromatic rings. The van der Waals surface area contributed by atoms with Crippen molar-refractivity contribution in [2.45, 2.75) is 58.1 Å². The van der Waals surface area contributed by atoms with Crippen molar-refractivity contribution in [2.24, 2.45) is 5.92 Å². The number of fused-ring (bicyclic) bond motifs is 1. The molecule has 0 spiro atoms. The summed E-state index contributed by atoms with van der Waals surface area (Å²) < 4.78 is 5.40. The maximum absolute atomic E-state index is 12.1. The van der Waals surface area contributed by atoms with E-state index in [1.54, 1.807) is 4.90 Å². The summed E-state index contributed by atoms with van der Waals surface area (Å²) in [4.78, 5) is 25.6. The Labute approximate surface area is 102 Å². The number of ether oxygens (including phenoxy) is 1. The molecule has 96 valence electrons. The minimum atomic E-state index is -0.466. The molecule has 1 aliphatic heterocycles. The highest BCUT2D eigenvalue weighted by Gasteiger charge is 2.43. The highest BCUT2D eigenvalue weighted by atomic mass is 16.6. The van der Waals surface area contributed by atoms with Crippen LogP contribution in [0, 0.1) is 5.92 Å². The Hall–Kier alpha value is -1.06. The average Bonchev–Trinajstić information content (AvgIpc) is 2.64. The summed E-state index contributed by atoms with van der Waals surface area (Å²) in [5.74, 6) is 0.392. The highest BCUT2D eigenvalue weighted by Crippen LogP contribution is 2.35. The second kappa shape index (κ2) is 4.31. The number of nitrogens with zero attached hydrogens (tertiary/aromatic N) is 1. The molecular weight excluding hydrogens is 218 g/mol. The first-order valence-corrected chi connectivity index (χ1v) is 6.41. The van der Waals surface area contributed by atoms with E-state index in [4.69, 9.17) is 4.74 Å². The van der Waals surface area contributed by atoms with Crippen LogP contribution in [0.2, 0.25) is 0 Å². The molecule has 17 heavy (non-hydrogen) atoms. The van der Waals surface area contributed by atoms with Gasteiger partial charge in [0.2, 0.25) is 0 Å². The smallest absolute Gasteiger partial charge is 0.410 e. The van der Waals surface area contributed by atoms with Gasteiger partial charge in [-0.25, -0.2) is 4.79 Å². The molecule has 1 saturated heterocycles. The summed E-state index contributed by atoms with van der Waals surface area (Å²) in [5.41, 5.74) is -0.466. The Kier molecular flexibility index (Phi) is 3.15. The van der Waals surface area contributed by atoms with Crippen molar-refractivity contribution in [3.05, 3.63) is 0 Å². The van der Waals surface area contributed by atoms with Crippen molar-refractivity contribution in [1.82, 2.24) is 4.90 Å². The molecule has 0 aromatic carbocycles. The highest BCUT2D eigenvalue weighted by molar-refractivity contribution is 5.85. The Morgan fingerprint density at radius 3 is 2.71 bits per heavy atom. The van der Waals surface area contributed by atoms with Crippen molar-refractivity contribution in [1.29, 1.82) is 0 Å². The lowest BCUT2D eigenvalue weighted by atomic mass is 9.91. The van der Waals surface area contributed by atoms with E-state index in [-0.39, 0.29) is 18.1 Å². The Morgan fingerprint density at radius 2 is 2.06 bits per heavy atom. The van der Waals surface area contributed by atoms with E-state index in [9.17, 15) is 9.59 Å². The minimum absolute atomic E-state index is 0.0660. The molecule has 0 bridgehead atoms. The predicted molar refractivity (Wildman–Crippen MR) is 63.7 cm³/mol. The molecule has 1 saturated carbocycles. The second-order valence-electron chi connectivity index (χ2n) is 5.99. The Balaban J connectivity index is 2.06. The Bertz CT molecular complexity index is 332. The first kappa shape index (κ1) is 12.4. The molecule has 2 fully saturated rings. The van der Waals surface area contributed by atoms with Gasteiger partial charge in [-0.15, -0.1) is 0 Å². The predicted octanol–water partition coefficient (Wildman–Crippen LogP) is 2.37. The first-order chi connectivity index (χ1) is 7.88. The van der Waals surface area contributed by atoms with Gasteiger partial charge < -0.3 is 9.64 Å². The van der Waals surface area contributed by atoms with E-state index in [0.29, 0.717) is 18.7 Å². The third-order valence-corrected chi connectivity index (χ3v) is 3.52. The van der Waals surface area contributed by atoms with Crippen molar-refractivity contribution >= 4 is 11.9 Å². The molecule has 0 aromatic heterocycles. The van der Waals surface area contributed by atoms with Crippen LogP contribution in [-0.4, -0.2) is 35.0 Å². The van der Waals surface area contributed by atoms with E-state index in [1.807, 2.05) is 20.8 Å². The van der Waals surface area contributed by atoms with Gasteiger partial charge in [-0.2, -0.15) is 0 Å². The number of piperidine rings is 1. The van der Waals surface area contributed by atoms with Crippen LogP contribution >= 0.6 is 0 Å². The fourth-order valence-electron chi connectivity index (χ4n) is 2.82. The molecule has 1 amide bonds. The van der Waals surface area contributed by atoms with Crippen molar-refractivity contribution in [2.75, 3.05) is 6.54 Å². The first-order valence-electron chi connectivity index (χ1n) is 6.41. The van der Waals surface area contributed by atoms with Crippen LogP contribution in [-0.2, 0) is 9.53 Å². The lowest BCUT2D eigenvalue weighted by Gasteiger charge is -2.37. The summed E-state index contributed by atoms with van der Waals surface area (Å²) in [5, 5.41) is 0. The third kappa shape index (κ3) is 2.61. The zero-order valence-electron chi connectivity index (χ0n) is 10.9. The lowest BCUT2D eigenvalue weighted by molar-refractivity contribution is -0.127. The molecule has 4 nitrogen and oxygen atoms in total. The van der Waals surface area contributed by atoms with Crippen LogP contribution in [0.5, 0.6) is 0 Å². The molecule has 0 unspecified atom stereocenters. The minimum Gasteiger partial charge on any atom is -0.444 e. The zero-order valence-corrected chi connectivity index (χ0v) is 10.9. The van der Waals surface area contributed by atoms with Gasteiger partial charge in [-0.3, -0.25) is 4.79 Å². The number of carbonyl (C=O) groups excluding carboxylic acids is 2. The van der Waals surface area contributed by atoms with Gasteiger partial charge in [0.1, 0.15) is 11.4 Å². The topological polar surface area (TPSA) is 46.6 Å². The number of carbonyl (C=O) groups is 2. The summed E-state index contributed by atoms with van der Waals surface area (Å²) in [6, 6.07) is 0.0890. The van der Waals surface area contributed by atoms with Gasteiger partial charge in [-0.05, 0) is 33.6 Å². The Morgan fingerprint density at radius 1 is 1.35 bits per heavy atom. The summed E-state index contributed by atoms with van der Waals surface area (Å²) >= 11 is 0.